The Bertz CT molecular complexity index is 665. The Hall–Kier alpha value is -1.43. The van der Waals surface area contributed by atoms with Gasteiger partial charge in [-0.2, -0.15) is 0 Å². The van der Waals surface area contributed by atoms with Crippen LogP contribution < -0.4 is 0 Å². The number of aliphatic hydroxyl groups excluding tert-OH is 1. The minimum atomic E-state index is 0.0348. The molecule has 0 amide bonds. The number of aliphatic hydroxyl groups is 1. The summed E-state index contributed by atoms with van der Waals surface area (Å²) in [7, 11) is 0. The summed E-state index contributed by atoms with van der Waals surface area (Å²) in [4.78, 5) is 11.2. The molecule has 4 nitrogen and oxygen atoms in total. The van der Waals surface area contributed by atoms with Crippen molar-refractivity contribution in [3.63, 3.8) is 0 Å². The summed E-state index contributed by atoms with van der Waals surface area (Å²) in [5, 5.41) is 11.0. The highest BCUT2D eigenvalue weighted by Crippen LogP contribution is 2.35. The molecule has 0 aliphatic carbocycles. The third-order valence-electron chi connectivity index (χ3n) is 5.36. The summed E-state index contributed by atoms with van der Waals surface area (Å²) >= 11 is 1.57. The van der Waals surface area contributed by atoms with Gasteiger partial charge >= 0.3 is 0 Å². The van der Waals surface area contributed by atoms with E-state index in [2.05, 4.69) is 45.2 Å². The molecule has 1 saturated heterocycles. The first-order valence-corrected chi connectivity index (χ1v) is 10.7. The van der Waals surface area contributed by atoms with E-state index in [4.69, 9.17) is 0 Å². The van der Waals surface area contributed by atoms with Crippen molar-refractivity contribution in [1.82, 2.24) is 14.9 Å². The van der Waals surface area contributed by atoms with Crippen LogP contribution in [0.3, 0.4) is 0 Å². The Balaban J connectivity index is 1.55. The summed E-state index contributed by atoms with van der Waals surface area (Å²) in [6.45, 7) is 3.20. The molecule has 2 heterocycles. The van der Waals surface area contributed by atoms with Crippen LogP contribution in [0, 0.1) is 5.41 Å². The third-order valence-corrected chi connectivity index (χ3v) is 5.94. The Morgan fingerprint density at radius 2 is 1.92 bits per heavy atom. The van der Waals surface area contributed by atoms with Crippen LogP contribution in [0.1, 0.15) is 36.8 Å². The van der Waals surface area contributed by atoms with Crippen molar-refractivity contribution < 1.29 is 5.11 Å². The van der Waals surface area contributed by atoms with Crippen molar-refractivity contribution in [1.29, 1.82) is 0 Å². The molecular weight excluding hydrogens is 342 g/mol. The normalized spacial score (nSPS) is 21.0. The second-order valence-corrected chi connectivity index (χ2v) is 8.16. The molecule has 0 saturated carbocycles. The van der Waals surface area contributed by atoms with Crippen LogP contribution in [0.25, 0.3) is 0 Å². The Morgan fingerprint density at radius 1 is 1.15 bits per heavy atom. The number of thioether (sulfide) groups is 1. The lowest BCUT2D eigenvalue weighted by Gasteiger charge is -2.42. The molecular formula is C21H29N3OS. The standard InChI is InChI=1S/C21H29N3OS/c1-26-20-22-13-19(14-23-20)15-24-12-6-11-21(16-24,17-25)10-5-9-18-7-3-2-4-8-18/h2-4,7-8,13-14,25H,5-6,9-12,15-17H2,1H3/t21-/m0/s1. The summed E-state index contributed by atoms with van der Waals surface area (Å²) in [5.41, 5.74) is 2.58. The van der Waals surface area contributed by atoms with Crippen molar-refractivity contribution in [3.05, 3.63) is 53.9 Å². The monoisotopic (exact) mass is 371 g/mol. The first-order chi connectivity index (χ1) is 12.7. The van der Waals surface area contributed by atoms with Gasteiger partial charge in [-0.25, -0.2) is 9.97 Å². The fourth-order valence-electron chi connectivity index (χ4n) is 3.96. The second kappa shape index (κ2) is 9.49. The maximum absolute atomic E-state index is 10.1. The minimum absolute atomic E-state index is 0.0348. The topological polar surface area (TPSA) is 49.2 Å². The number of hydrogen-bond acceptors (Lipinski definition) is 5. The number of benzene rings is 1. The van der Waals surface area contributed by atoms with Gasteiger partial charge in [0.2, 0.25) is 0 Å². The van der Waals surface area contributed by atoms with E-state index in [0.29, 0.717) is 0 Å². The molecule has 1 N–H and O–H groups in total. The molecule has 0 spiro atoms. The zero-order chi connectivity index (χ0) is 18.2. The van der Waals surface area contributed by atoms with E-state index in [1.54, 1.807) is 11.8 Å². The molecule has 0 radical (unpaired) electrons. The smallest absolute Gasteiger partial charge is 0.187 e. The SMILES string of the molecule is CSc1ncc(CN2CCC[C@@](CO)(CCCc3ccccc3)C2)cn1. The van der Waals surface area contributed by atoms with Gasteiger partial charge in [0, 0.05) is 43.1 Å². The number of aromatic nitrogens is 2. The van der Waals surface area contributed by atoms with E-state index in [0.717, 1.165) is 62.5 Å². The Morgan fingerprint density at radius 3 is 2.62 bits per heavy atom. The quantitative estimate of drug-likeness (QED) is 0.565. The first-order valence-electron chi connectivity index (χ1n) is 9.45. The van der Waals surface area contributed by atoms with Crippen molar-refractivity contribution in [2.75, 3.05) is 26.0 Å². The summed E-state index contributed by atoms with van der Waals surface area (Å²) in [6.07, 6.45) is 11.4. The van der Waals surface area contributed by atoms with Crippen molar-refractivity contribution in [2.45, 2.75) is 43.8 Å². The van der Waals surface area contributed by atoms with Crippen LogP contribution in [-0.4, -0.2) is 45.9 Å². The first kappa shape index (κ1) is 19.3. The van der Waals surface area contributed by atoms with E-state index in [-0.39, 0.29) is 12.0 Å². The largest absolute Gasteiger partial charge is 0.396 e. The predicted molar refractivity (Wildman–Crippen MR) is 107 cm³/mol. The molecule has 1 aromatic carbocycles. The molecule has 2 aromatic rings. The number of aryl methyl sites for hydroxylation is 1. The Kier molecular flexibility index (Phi) is 7.06. The van der Waals surface area contributed by atoms with Gasteiger partial charge in [-0.1, -0.05) is 42.1 Å². The number of likely N-dealkylation sites (tertiary alicyclic amines) is 1. The number of rotatable bonds is 8. The van der Waals surface area contributed by atoms with Gasteiger partial charge in [-0.05, 0) is 50.5 Å². The molecule has 26 heavy (non-hydrogen) atoms. The molecule has 1 fully saturated rings. The van der Waals surface area contributed by atoms with Crippen LogP contribution in [0.2, 0.25) is 0 Å². The van der Waals surface area contributed by atoms with Crippen LogP contribution in [0.5, 0.6) is 0 Å². The highest BCUT2D eigenvalue weighted by molar-refractivity contribution is 7.98. The van der Waals surface area contributed by atoms with E-state index in [1.165, 1.54) is 5.56 Å². The molecule has 1 atom stereocenters. The molecule has 1 aliphatic rings. The van der Waals surface area contributed by atoms with Crippen LogP contribution in [-0.2, 0) is 13.0 Å². The van der Waals surface area contributed by atoms with Gasteiger partial charge in [0.1, 0.15) is 0 Å². The van der Waals surface area contributed by atoms with Crippen molar-refractivity contribution >= 4 is 11.8 Å². The second-order valence-electron chi connectivity index (χ2n) is 7.39. The number of hydrogen-bond donors (Lipinski definition) is 1. The fraction of sp³-hybridized carbons (Fsp3) is 0.524. The van der Waals surface area contributed by atoms with Gasteiger partial charge in [0.05, 0.1) is 0 Å². The lowest BCUT2D eigenvalue weighted by Crippen LogP contribution is -2.45. The lowest BCUT2D eigenvalue weighted by atomic mass is 9.76. The zero-order valence-corrected chi connectivity index (χ0v) is 16.4. The van der Waals surface area contributed by atoms with Gasteiger partial charge in [-0.3, -0.25) is 4.90 Å². The molecule has 1 aromatic heterocycles. The number of piperidine rings is 1. The van der Waals surface area contributed by atoms with Gasteiger partial charge < -0.3 is 5.11 Å². The molecule has 140 valence electrons. The summed E-state index contributed by atoms with van der Waals surface area (Å²) in [5.74, 6) is 0. The highest BCUT2D eigenvalue weighted by atomic mass is 32.2. The zero-order valence-electron chi connectivity index (χ0n) is 15.6. The average Bonchev–Trinajstić information content (AvgIpc) is 2.70. The van der Waals surface area contributed by atoms with Gasteiger partial charge in [0.15, 0.2) is 5.16 Å². The van der Waals surface area contributed by atoms with E-state index in [1.807, 2.05) is 18.6 Å². The van der Waals surface area contributed by atoms with Crippen molar-refractivity contribution in [3.8, 4) is 0 Å². The van der Waals surface area contributed by atoms with Crippen LogP contribution >= 0.6 is 11.8 Å². The molecule has 0 unspecified atom stereocenters. The molecule has 0 bridgehead atoms. The maximum Gasteiger partial charge on any atom is 0.187 e. The molecule has 1 aliphatic heterocycles. The minimum Gasteiger partial charge on any atom is -0.396 e. The van der Waals surface area contributed by atoms with Gasteiger partial charge in [0.25, 0.3) is 0 Å². The molecule has 3 rings (SSSR count). The summed E-state index contributed by atoms with van der Waals surface area (Å²) in [6, 6.07) is 10.6. The summed E-state index contributed by atoms with van der Waals surface area (Å²) < 4.78 is 0. The maximum atomic E-state index is 10.1. The van der Waals surface area contributed by atoms with Crippen molar-refractivity contribution in [2.24, 2.45) is 5.41 Å². The van der Waals surface area contributed by atoms with Crippen LogP contribution in [0.15, 0.2) is 47.9 Å². The third kappa shape index (κ3) is 5.29. The lowest BCUT2D eigenvalue weighted by molar-refractivity contribution is 0.0207. The van der Waals surface area contributed by atoms with Gasteiger partial charge in [-0.15, -0.1) is 0 Å². The number of nitrogens with zero attached hydrogens (tertiary/aromatic N) is 3. The predicted octanol–water partition coefficient (Wildman–Crippen LogP) is 3.80. The molecule has 5 heteroatoms. The highest BCUT2D eigenvalue weighted by Gasteiger charge is 2.34. The van der Waals surface area contributed by atoms with E-state index >= 15 is 0 Å². The average molecular weight is 372 g/mol. The Labute approximate surface area is 161 Å². The van der Waals surface area contributed by atoms with E-state index in [9.17, 15) is 5.11 Å². The van der Waals surface area contributed by atoms with E-state index < -0.39 is 0 Å². The van der Waals surface area contributed by atoms with Crippen LogP contribution in [0.4, 0.5) is 0 Å². The fourth-order valence-corrected chi connectivity index (χ4v) is 4.27.